The number of carboxylic acids is 2. The number of carbonyl (C=O) groups excluding carboxylic acids is 1. The van der Waals surface area contributed by atoms with Gasteiger partial charge < -0.3 is 15.1 Å². The molecule has 2 N–H and O–H groups in total. The van der Waals surface area contributed by atoms with Gasteiger partial charge in [0.25, 0.3) is 0 Å². The Morgan fingerprint density at radius 1 is 1.23 bits per heavy atom. The Morgan fingerprint density at radius 3 is 1.69 bits per heavy atom. The van der Waals surface area contributed by atoms with Crippen LogP contribution in [0.3, 0.4) is 0 Å². The average molecular weight is 189 g/mol. The monoisotopic (exact) mass is 189 g/mol. The van der Waals surface area contributed by atoms with Gasteiger partial charge in [-0.25, -0.2) is 9.59 Å². The van der Waals surface area contributed by atoms with Crippen LogP contribution in [0.1, 0.15) is 13.8 Å². The second-order valence-corrected chi connectivity index (χ2v) is 2.38. The predicted octanol–water partition coefficient (Wildman–Crippen LogP) is -0.607. The molecule has 0 bridgehead atoms. The van der Waals surface area contributed by atoms with Crippen molar-refractivity contribution < 1.29 is 24.6 Å². The first-order valence-corrected chi connectivity index (χ1v) is 3.64. The molecule has 6 nitrogen and oxygen atoms in total. The number of aliphatic carboxylic acids is 2. The molecule has 13 heavy (non-hydrogen) atoms. The van der Waals surface area contributed by atoms with E-state index < -0.39 is 23.9 Å². The summed E-state index contributed by atoms with van der Waals surface area (Å²) >= 11 is 0. The zero-order valence-corrected chi connectivity index (χ0v) is 7.35. The maximum atomic E-state index is 10.8. The normalized spacial score (nSPS) is 9.77. The zero-order valence-electron chi connectivity index (χ0n) is 7.35. The molecule has 74 valence electrons. The van der Waals surface area contributed by atoms with Crippen LogP contribution in [0.5, 0.6) is 0 Å². The highest BCUT2D eigenvalue weighted by atomic mass is 16.4. The van der Waals surface area contributed by atoms with E-state index in [4.69, 9.17) is 10.2 Å². The Hall–Kier alpha value is -1.59. The van der Waals surface area contributed by atoms with Crippen molar-refractivity contribution in [1.29, 1.82) is 0 Å². The molecule has 0 rings (SSSR count). The number of likely N-dealkylation sites (N-methyl/N-ethyl adjacent to an activating group) is 1. The highest BCUT2D eigenvalue weighted by Gasteiger charge is 2.33. The second-order valence-electron chi connectivity index (χ2n) is 2.38. The fourth-order valence-electron chi connectivity index (χ4n) is 0.959. The van der Waals surface area contributed by atoms with Gasteiger partial charge in [-0.2, -0.15) is 0 Å². The van der Waals surface area contributed by atoms with Gasteiger partial charge in [0.05, 0.1) is 0 Å². The van der Waals surface area contributed by atoms with Gasteiger partial charge in [-0.15, -0.1) is 0 Å². The van der Waals surface area contributed by atoms with Crippen molar-refractivity contribution in [2.75, 3.05) is 6.54 Å². The van der Waals surface area contributed by atoms with Gasteiger partial charge in [0.15, 0.2) is 0 Å². The first-order valence-electron chi connectivity index (χ1n) is 3.64. The molecule has 0 heterocycles. The third kappa shape index (κ3) is 2.73. The summed E-state index contributed by atoms with van der Waals surface area (Å²) in [5.41, 5.74) is 0. The van der Waals surface area contributed by atoms with Crippen LogP contribution >= 0.6 is 0 Å². The molecule has 0 fully saturated rings. The average Bonchev–Trinajstić information content (AvgIpc) is 1.97. The number of hydrogen-bond donors (Lipinski definition) is 2. The van der Waals surface area contributed by atoms with E-state index in [-0.39, 0.29) is 6.54 Å². The maximum absolute atomic E-state index is 10.8. The van der Waals surface area contributed by atoms with Crippen LogP contribution < -0.4 is 0 Å². The Morgan fingerprint density at radius 2 is 1.62 bits per heavy atom. The van der Waals surface area contributed by atoms with Crippen molar-refractivity contribution >= 4 is 17.8 Å². The smallest absolute Gasteiger partial charge is 0.338 e. The predicted molar refractivity (Wildman–Crippen MR) is 42.1 cm³/mol. The summed E-state index contributed by atoms with van der Waals surface area (Å²) in [6.45, 7) is 2.70. The van der Waals surface area contributed by atoms with Crippen molar-refractivity contribution in [2.24, 2.45) is 0 Å². The highest BCUT2D eigenvalue weighted by Crippen LogP contribution is 2.00. The number of rotatable bonds is 4. The summed E-state index contributed by atoms with van der Waals surface area (Å²) < 4.78 is 0. The molecular weight excluding hydrogens is 178 g/mol. The lowest BCUT2D eigenvalue weighted by atomic mass is 10.2. The van der Waals surface area contributed by atoms with Crippen molar-refractivity contribution in [3.05, 3.63) is 0 Å². The van der Waals surface area contributed by atoms with E-state index in [1.807, 2.05) is 0 Å². The molecule has 0 aliphatic heterocycles. The Bertz CT molecular complexity index is 223. The lowest BCUT2D eigenvalue weighted by molar-refractivity contribution is -0.161. The fraction of sp³-hybridized carbons (Fsp3) is 0.571. The van der Waals surface area contributed by atoms with Crippen LogP contribution in [0.15, 0.2) is 0 Å². The summed E-state index contributed by atoms with van der Waals surface area (Å²) in [4.78, 5) is 32.5. The van der Waals surface area contributed by atoms with Crippen LogP contribution in [-0.2, 0) is 14.4 Å². The number of carbonyl (C=O) groups is 3. The zero-order chi connectivity index (χ0) is 10.6. The van der Waals surface area contributed by atoms with Crippen LogP contribution in [0, 0.1) is 0 Å². The minimum Gasteiger partial charge on any atom is -0.479 e. The summed E-state index contributed by atoms with van der Waals surface area (Å²) in [6.07, 6.45) is 0. The minimum atomic E-state index is -1.79. The van der Waals surface area contributed by atoms with E-state index in [1.54, 1.807) is 0 Å². The summed E-state index contributed by atoms with van der Waals surface area (Å²) in [6, 6.07) is -1.79. The third-order valence-corrected chi connectivity index (χ3v) is 1.52. The number of carboxylic acid groups (broad SMARTS) is 2. The first kappa shape index (κ1) is 11.4. The molecule has 0 saturated carbocycles. The van der Waals surface area contributed by atoms with Crippen molar-refractivity contribution in [3.8, 4) is 0 Å². The van der Waals surface area contributed by atoms with Crippen LogP contribution in [0.25, 0.3) is 0 Å². The van der Waals surface area contributed by atoms with Crippen molar-refractivity contribution in [3.63, 3.8) is 0 Å². The summed E-state index contributed by atoms with van der Waals surface area (Å²) in [7, 11) is 0. The topological polar surface area (TPSA) is 94.9 Å². The van der Waals surface area contributed by atoms with E-state index >= 15 is 0 Å². The molecular formula is C7H11NO5. The van der Waals surface area contributed by atoms with E-state index in [2.05, 4.69) is 0 Å². The van der Waals surface area contributed by atoms with E-state index in [1.165, 1.54) is 6.92 Å². The molecule has 0 aliphatic carbocycles. The molecule has 0 atom stereocenters. The van der Waals surface area contributed by atoms with E-state index in [0.29, 0.717) is 0 Å². The molecule has 0 unspecified atom stereocenters. The largest absolute Gasteiger partial charge is 0.479 e. The van der Waals surface area contributed by atoms with Gasteiger partial charge in [-0.1, -0.05) is 0 Å². The Labute approximate surface area is 74.8 Å². The second kappa shape index (κ2) is 4.44. The van der Waals surface area contributed by atoms with Gasteiger partial charge in [0.1, 0.15) is 0 Å². The Kier molecular flexibility index (Phi) is 3.90. The molecule has 0 aromatic carbocycles. The highest BCUT2D eigenvalue weighted by molar-refractivity contribution is 6.00. The van der Waals surface area contributed by atoms with Crippen LogP contribution in [0.2, 0.25) is 0 Å². The van der Waals surface area contributed by atoms with Gasteiger partial charge in [-0.05, 0) is 6.92 Å². The standard InChI is InChI=1S/C7H11NO5/c1-3-8(4(2)9)5(6(10)11)7(12)13/h5H,3H2,1-2H3,(H,10,11)(H,12,13). The molecule has 0 aromatic rings. The van der Waals surface area contributed by atoms with Crippen molar-refractivity contribution in [2.45, 2.75) is 19.9 Å². The number of amides is 1. The number of nitrogens with zero attached hydrogens (tertiary/aromatic N) is 1. The summed E-state index contributed by atoms with van der Waals surface area (Å²) in [5, 5.41) is 17.0. The Balaban J connectivity index is 4.80. The number of hydrogen-bond acceptors (Lipinski definition) is 3. The molecule has 0 aliphatic rings. The molecule has 0 radical (unpaired) electrons. The fourth-order valence-corrected chi connectivity index (χ4v) is 0.959. The van der Waals surface area contributed by atoms with Gasteiger partial charge in [0.2, 0.25) is 11.9 Å². The van der Waals surface area contributed by atoms with Gasteiger partial charge >= 0.3 is 11.9 Å². The van der Waals surface area contributed by atoms with Gasteiger partial charge in [-0.3, -0.25) is 4.79 Å². The molecule has 0 saturated heterocycles. The molecule has 0 aromatic heterocycles. The van der Waals surface area contributed by atoms with E-state index in [9.17, 15) is 14.4 Å². The molecule has 6 heteroatoms. The van der Waals surface area contributed by atoms with Crippen LogP contribution in [-0.4, -0.2) is 45.5 Å². The van der Waals surface area contributed by atoms with E-state index in [0.717, 1.165) is 11.8 Å². The quantitative estimate of drug-likeness (QED) is 0.575. The maximum Gasteiger partial charge on any atom is 0.338 e. The molecule has 1 amide bonds. The van der Waals surface area contributed by atoms with Gasteiger partial charge in [0, 0.05) is 13.5 Å². The minimum absolute atomic E-state index is 0.0542. The third-order valence-electron chi connectivity index (χ3n) is 1.52. The lowest BCUT2D eigenvalue weighted by Gasteiger charge is -2.22. The summed E-state index contributed by atoms with van der Waals surface area (Å²) in [5.74, 6) is -3.65. The SMILES string of the molecule is CCN(C(C)=O)C(C(=O)O)C(=O)O. The van der Waals surface area contributed by atoms with Crippen molar-refractivity contribution in [1.82, 2.24) is 4.90 Å². The molecule has 0 spiro atoms. The lowest BCUT2D eigenvalue weighted by Crippen LogP contribution is -2.48. The van der Waals surface area contributed by atoms with Crippen LogP contribution in [0.4, 0.5) is 0 Å². The first-order chi connectivity index (χ1) is 5.91.